The molecule has 3 aromatic heterocycles. The first-order chi connectivity index (χ1) is 20.4. The van der Waals surface area contributed by atoms with Crippen molar-refractivity contribution in [2.24, 2.45) is 5.92 Å². The van der Waals surface area contributed by atoms with Crippen molar-refractivity contribution in [3.8, 4) is 17.3 Å². The van der Waals surface area contributed by atoms with Gasteiger partial charge in [-0.1, -0.05) is 12.1 Å². The van der Waals surface area contributed by atoms with E-state index in [-0.39, 0.29) is 23.0 Å². The zero-order chi connectivity index (χ0) is 29.0. The van der Waals surface area contributed by atoms with Crippen LogP contribution in [0.25, 0.3) is 16.6 Å². The number of carbonyl (C=O) groups is 1. The molecule has 0 radical (unpaired) electrons. The lowest BCUT2D eigenvalue weighted by Crippen LogP contribution is -2.41. The molecule has 5 aromatic rings. The van der Waals surface area contributed by atoms with Crippen LogP contribution in [-0.4, -0.2) is 51.8 Å². The van der Waals surface area contributed by atoms with E-state index in [1.165, 1.54) is 40.5 Å². The molecule has 0 amide bonds. The number of halogens is 2. The first kappa shape index (κ1) is 26.1. The lowest BCUT2D eigenvalue weighted by atomic mass is 9.97. The molecule has 1 fully saturated rings. The van der Waals surface area contributed by atoms with E-state index in [2.05, 4.69) is 26.0 Å². The number of H-pyrrole nitrogens is 1. The molecule has 2 aliphatic rings. The molecule has 0 aliphatic carbocycles. The number of para-hydroxylation sites is 1. The van der Waals surface area contributed by atoms with Gasteiger partial charge in [0.25, 0.3) is 0 Å². The van der Waals surface area contributed by atoms with Crippen LogP contribution in [-0.2, 0) is 11.2 Å². The van der Waals surface area contributed by atoms with Gasteiger partial charge in [0.05, 0.1) is 42.6 Å². The molecule has 214 valence electrons. The molecule has 0 spiro atoms. The maximum Gasteiger partial charge on any atom is 0.219 e. The summed E-state index contributed by atoms with van der Waals surface area (Å²) < 4.78 is 40.2. The van der Waals surface area contributed by atoms with E-state index < -0.39 is 17.4 Å². The Morgan fingerprint density at radius 2 is 1.98 bits per heavy atom. The van der Waals surface area contributed by atoms with Gasteiger partial charge in [0.2, 0.25) is 17.4 Å². The summed E-state index contributed by atoms with van der Waals surface area (Å²) in [5.41, 5.74) is 11.6. The van der Waals surface area contributed by atoms with Crippen molar-refractivity contribution >= 4 is 28.2 Å². The summed E-state index contributed by atoms with van der Waals surface area (Å²) >= 11 is 0. The second-order valence-electron chi connectivity index (χ2n) is 10.8. The second-order valence-corrected chi connectivity index (χ2v) is 10.8. The van der Waals surface area contributed by atoms with Crippen LogP contribution in [0.1, 0.15) is 33.6 Å². The van der Waals surface area contributed by atoms with Crippen LogP contribution < -0.4 is 15.4 Å². The van der Waals surface area contributed by atoms with E-state index in [0.29, 0.717) is 22.9 Å². The molecule has 0 unspecified atom stereocenters. The van der Waals surface area contributed by atoms with Crippen LogP contribution in [0.3, 0.4) is 0 Å². The number of nitrogens with zero attached hydrogens (tertiary/aromatic N) is 4. The van der Waals surface area contributed by atoms with Gasteiger partial charge in [-0.15, -0.1) is 0 Å². The summed E-state index contributed by atoms with van der Waals surface area (Å²) in [6.45, 7) is 5.25. The minimum Gasteiger partial charge on any atom is -0.433 e. The molecule has 2 aliphatic heterocycles. The van der Waals surface area contributed by atoms with E-state index in [4.69, 9.17) is 15.2 Å². The number of ketones is 1. The number of pyridine rings is 1. The number of aromatic nitrogens is 4. The number of rotatable bonds is 7. The predicted molar refractivity (Wildman–Crippen MR) is 154 cm³/mol. The van der Waals surface area contributed by atoms with E-state index in [0.717, 1.165) is 62.2 Å². The van der Waals surface area contributed by atoms with Gasteiger partial charge in [0.15, 0.2) is 11.6 Å². The Balaban J connectivity index is 1.17. The molecule has 0 saturated carbocycles. The van der Waals surface area contributed by atoms with Crippen molar-refractivity contribution in [1.82, 2.24) is 19.7 Å². The van der Waals surface area contributed by atoms with Crippen LogP contribution in [0.2, 0.25) is 0 Å². The monoisotopic (exact) mass is 570 g/mol. The third kappa shape index (κ3) is 4.46. The summed E-state index contributed by atoms with van der Waals surface area (Å²) in [7, 11) is 0. The SMILES string of the molecule is Cc1cc(Oc2c(F)cccc2F)ncc1-n1ncc(C(=O)c2cc3c4c(ccc3[nH]2)CCCN4CC2COC2)c1N. The van der Waals surface area contributed by atoms with E-state index in [1.807, 2.05) is 12.1 Å². The number of nitrogen functional groups attached to an aromatic ring is 1. The Kier molecular flexibility index (Phi) is 6.38. The fraction of sp³-hybridized carbons (Fsp3) is 0.258. The molecule has 9 nitrogen and oxygen atoms in total. The van der Waals surface area contributed by atoms with Gasteiger partial charge in [0.1, 0.15) is 5.82 Å². The number of nitrogens with two attached hydrogens (primary N) is 1. The Labute approximate surface area is 239 Å². The first-order valence-corrected chi connectivity index (χ1v) is 13.8. The third-order valence-corrected chi connectivity index (χ3v) is 7.94. The number of anilines is 2. The maximum atomic E-state index is 14.0. The van der Waals surface area contributed by atoms with Crippen LogP contribution in [0.5, 0.6) is 11.6 Å². The molecule has 11 heteroatoms. The van der Waals surface area contributed by atoms with Crippen molar-refractivity contribution < 1.29 is 23.0 Å². The van der Waals surface area contributed by atoms with Crippen molar-refractivity contribution in [1.29, 1.82) is 0 Å². The molecule has 1 saturated heterocycles. The number of hydrogen-bond donors (Lipinski definition) is 2. The molecule has 42 heavy (non-hydrogen) atoms. The Hall–Kier alpha value is -4.77. The van der Waals surface area contributed by atoms with Crippen molar-refractivity contribution in [2.45, 2.75) is 19.8 Å². The molecule has 0 bridgehead atoms. The fourth-order valence-electron chi connectivity index (χ4n) is 5.74. The zero-order valence-corrected chi connectivity index (χ0v) is 22.9. The van der Waals surface area contributed by atoms with Crippen LogP contribution in [0.4, 0.5) is 20.3 Å². The number of aromatic amines is 1. The zero-order valence-electron chi connectivity index (χ0n) is 22.9. The summed E-state index contributed by atoms with van der Waals surface area (Å²) in [6.07, 6.45) is 4.96. The van der Waals surface area contributed by atoms with Crippen molar-refractivity contribution in [2.75, 3.05) is 36.9 Å². The highest BCUT2D eigenvalue weighted by atomic mass is 19.1. The van der Waals surface area contributed by atoms with Gasteiger partial charge in [-0.25, -0.2) is 18.4 Å². The van der Waals surface area contributed by atoms with E-state index >= 15 is 0 Å². The quantitative estimate of drug-likeness (QED) is 0.254. The minimum atomic E-state index is -0.837. The van der Waals surface area contributed by atoms with Gasteiger partial charge in [-0.3, -0.25) is 4.79 Å². The minimum absolute atomic E-state index is 0.00237. The largest absolute Gasteiger partial charge is 0.433 e. The normalized spacial score (nSPS) is 15.1. The highest BCUT2D eigenvalue weighted by Crippen LogP contribution is 2.37. The molecule has 0 atom stereocenters. The van der Waals surface area contributed by atoms with Crippen molar-refractivity contribution in [3.63, 3.8) is 0 Å². The lowest BCUT2D eigenvalue weighted by Gasteiger charge is -2.37. The van der Waals surface area contributed by atoms with Crippen LogP contribution >= 0.6 is 0 Å². The highest BCUT2D eigenvalue weighted by molar-refractivity contribution is 6.13. The summed E-state index contributed by atoms with van der Waals surface area (Å²) in [5.74, 6) is -1.82. The Bertz CT molecular complexity index is 1820. The molecule has 3 N–H and O–H groups in total. The number of hydrogen-bond acceptors (Lipinski definition) is 7. The number of carbonyl (C=O) groups excluding carboxylic acids is 1. The number of aryl methyl sites for hydroxylation is 2. The van der Waals surface area contributed by atoms with E-state index in [9.17, 15) is 13.6 Å². The molecule has 7 rings (SSSR count). The second kappa shape index (κ2) is 10.3. The average molecular weight is 571 g/mol. The van der Waals surface area contributed by atoms with Gasteiger partial charge in [0, 0.05) is 41.7 Å². The Morgan fingerprint density at radius 3 is 2.71 bits per heavy atom. The third-order valence-electron chi connectivity index (χ3n) is 7.94. The topological polar surface area (TPSA) is 111 Å². The summed E-state index contributed by atoms with van der Waals surface area (Å²) in [6, 6.07) is 11.1. The predicted octanol–water partition coefficient (Wildman–Crippen LogP) is 5.34. The molecular weight excluding hydrogens is 542 g/mol. The number of nitrogens with one attached hydrogen (secondary N) is 1. The maximum absolute atomic E-state index is 14.0. The average Bonchev–Trinajstić information content (AvgIpc) is 3.56. The highest BCUT2D eigenvalue weighted by Gasteiger charge is 2.28. The summed E-state index contributed by atoms with van der Waals surface area (Å²) in [4.78, 5) is 23.6. The number of ether oxygens (including phenoxy) is 2. The molecule has 2 aromatic carbocycles. The summed E-state index contributed by atoms with van der Waals surface area (Å²) in [5, 5.41) is 5.37. The van der Waals surface area contributed by atoms with Gasteiger partial charge in [-0.05, 0) is 55.2 Å². The van der Waals surface area contributed by atoms with Crippen LogP contribution in [0, 0.1) is 24.5 Å². The first-order valence-electron chi connectivity index (χ1n) is 13.8. The van der Waals surface area contributed by atoms with Crippen LogP contribution in [0.15, 0.2) is 54.9 Å². The standard InChI is InChI=1S/C31H28F2N6O3/c1-17-10-27(42-30-22(32)5-2-6-23(30)33)35-13-26(17)39-31(34)21(12-36-39)29(40)25-11-20-24(37-25)8-7-19-4-3-9-38(28(19)20)14-18-15-41-16-18/h2,5-8,10-13,18,37H,3-4,9,14-16,34H2,1H3. The smallest absolute Gasteiger partial charge is 0.219 e. The van der Waals surface area contributed by atoms with E-state index in [1.54, 1.807) is 6.92 Å². The lowest BCUT2D eigenvalue weighted by molar-refractivity contribution is -0.0277. The van der Waals surface area contributed by atoms with Gasteiger partial charge >= 0.3 is 0 Å². The van der Waals surface area contributed by atoms with Crippen molar-refractivity contribution in [3.05, 3.63) is 88.9 Å². The fourth-order valence-corrected chi connectivity index (χ4v) is 5.74. The number of fused-ring (bicyclic) bond motifs is 3. The van der Waals surface area contributed by atoms with Gasteiger partial charge in [-0.2, -0.15) is 5.10 Å². The molecular formula is C31H28F2N6O3. The molecule has 5 heterocycles. The van der Waals surface area contributed by atoms with Gasteiger partial charge < -0.3 is 25.1 Å². The number of benzene rings is 2. The Morgan fingerprint density at radius 1 is 1.17 bits per heavy atom.